The fraction of sp³-hybridized carbons (Fsp3) is 0. The fourth-order valence-electron chi connectivity index (χ4n) is 16.1. The maximum atomic E-state index is 2.37. The van der Waals surface area contributed by atoms with Crippen LogP contribution in [0, 0.1) is 0 Å². The first kappa shape index (κ1) is 69.2. The monoisotopic (exact) mass is 1460 g/mol. The van der Waals surface area contributed by atoms with Crippen molar-refractivity contribution in [2.45, 2.75) is 0 Å². The van der Waals surface area contributed by atoms with Crippen molar-refractivity contribution in [1.82, 2.24) is 9.13 Å². The molecule has 0 radical (unpaired) electrons. The number of hydrogen-bond acceptors (Lipinski definition) is 4. The molecule has 0 saturated carbocycles. The molecule has 20 rings (SSSR count). The highest BCUT2D eigenvalue weighted by Crippen LogP contribution is 2.45. The van der Waals surface area contributed by atoms with Crippen molar-refractivity contribution in [2.24, 2.45) is 0 Å². The molecule has 6 nitrogen and oxygen atoms in total. The highest BCUT2D eigenvalue weighted by molar-refractivity contribution is 6.12. The zero-order valence-corrected chi connectivity index (χ0v) is 62.7. The first-order valence-electron chi connectivity index (χ1n) is 38.9. The second-order valence-corrected chi connectivity index (χ2v) is 28.5. The summed E-state index contributed by atoms with van der Waals surface area (Å²) in [4.78, 5) is 9.32. The van der Waals surface area contributed by atoms with Crippen molar-refractivity contribution in [3.05, 3.63) is 473 Å². The van der Waals surface area contributed by atoms with Gasteiger partial charge in [0.2, 0.25) is 0 Å². The Morgan fingerprint density at radius 1 is 0.123 bits per heavy atom. The van der Waals surface area contributed by atoms with E-state index in [0.29, 0.717) is 0 Å². The quantitative estimate of drug-likeness (QED) is 0.0854. The summed E-state index contributed by atoms with van der Waals surface area (Å²) in [6.45, 7) is 0. The van der Waals surface area contributed by atoms with Gasteiger partial charge in [-0.3, -0.25) is 0 Å². The number of aromatic nitrogens is 2. The first-order valence-corrected chi connectivity index (χ1v) is 38.9. The third-order valence-electron chi connectivity index (χ3n) is 21.5. The summed E-state index contributed by atoms with van der Waals surface area (Å²) in [5.41, 5.74) is 29.9. The summed E-state index contributed by atoms with van der Waals surface area (Å²) >= 11 is 0. The van der Waals surface area contributed by atoms with Gasteiger partial charge < -0.3 is 28.7 Å². The van der Waals surface area contributed by atoms with Crippen LogP contribution in [0.3, 0.4) is 0 Å². The molecule has 0 aliphatic heterocycles. The van der Waals surface area contributed by atoms with E-state index in [0.717, 1.165) is 90.8 Å². The molecule has 0 atom stereocenters. The number of benzene rings is 18. The average Bonchev–Trinajstić information content (AvgIpc) is 1.60. The molecule has 0 saturated heterocycles. The van der Waals surface area contributed by atoms with Crippen LogP contribution >= 0.6 is 0 Å². The summed E-state index contributed by atoms with van der Waals surface area (Å²) in [6, 6.07) is 169. The van der Waals surface area contributed by atoms with Crippen LogP contribution in [0.5, 0.6) is 0 Å². The molecule has 0 unspecified atom stereocenters. The van der Waals surface area contributed by atoms with Gasteiger partial charge in [-0.2, -0.15) is 0 Å². The van der Waals surface area contributed by atoms with Gasteiger partial charge >= 0.3 is 0 Å². The molecule has 2 heterocycles. The lowest BCUT2D eigenvalue weighted by atomic mass is 10.0. The second kappa shape index (κ2) is 31.4. The van der Waals surface area contributed by atoms with Crippen molar-refractivity contribution in [2.75, 3.05) is 19.6 Å². The van der Waals surface area contributed by atoms with E-state index in [1.165, 1.54) is 77.0 Å². The Bertz CT molecular complexity index is 6220. The fourth-order valence-corrected chi connectivity index (χ4v) is 16.1. The molecule has 114 heavy (non-hydrogen) atoms. The smallest absolute Gasteiger partial charge is 0.0542 e. The van der Waals surface area contributed by atoms with Gasteiger partial charge in [-0.05, 0) is 239 Å². The molecular weight excluding hydrogens is 1380 g/mol. The highest BCUT2D eigenvalue weighted by atomic mass is 15.2. The number of anilines is 12. The number of fused-ring (bicyclic) bond motifs is 6. The Morgan fingerprint density at radius 2 is 0.298 bits per heavy atom. The van der Waals surface area contributed by atoms with Crippen LogP contribution in [0.4, 0.5) is 68.2 Å². The summed E-state index contributed by atoms with van der Waals surface area (Å²) in [5.74, 6) is 0. The highest BCUT2D eigenvalue weighted by Gasteiger charge is 2.22. The molecule has 0 aliphatic carbocycles. The standard InChI is InChI=1S/C60H42N4.C48H36N2/c1-5-17-45(18-6-1)61(51-37-39-59-55(41-51)53-25-13-15-27-57(53)63(59)47-21-9-3-10-22-47)49-33-29-43(30-34-49)44-31-35-50(36-32-44)62(46-19-7-2-8-20-46)52-38-40-60-56(42-52)54-26-14-16-28-58(54)64(60)48-23-11-4-12-24-48;1-5-13-37(14-6-1)39-21-29-45(30-22-39)49(43-17-9-3-10-18-43)47-33-25-41(26-34-47)42-27-35-48(36-28-42)50(44-19-11-4-12-20-44)46-31-23-40(24-32-46)38-15-7-2-8-16-38/h1-42H;1-36H. The molecular formula is C108H78N6. The van der Waals surface area contributed by atoms with Gasteiger partial charge in [-0.15, -0.1) is 0 Å². The van der Waals surface area contributed by atoms with Gasteiger partial charge in [0.25, 0.3) is 0 Å². The third kappa shape index (κ3) is 13.9. The van der Waals surface area contributed by atoms with Gasteiger partial charge in [-0.1, -0.05) is 279 Å². The lowest BCUT2D eigenvalue weighted by Crippen LogP contribution is -2.10. The Balaban J connectivity index is 0.000000158. The second-order valence-electron chi connectivity index (χ2n) is 28.5. The zero-order valence-electron chi connectivity index (χ0n) is 62.7. The van der Waals surface area contributed by atoms with Gasteiger partial charge in [0, 0.05) is 101 Å². The number of nitrogens with zero attached hydrogens (tertiary/aromatic N) is 6. The van der Waals surface area contributed by atoms with Crippen LogP contribution in [-0.2, 0) is 0 Å². The van der Waals surface area contributed by atoms with E-state index in [1.807, 2.05) is 0 Å². The molecule has 18 aromatic carbocycles. The van der Waals surface area contributed by atoms with E-state index in [9.17, 15) is 0 Å². The van der Waals surface area contributed by atoms with E-state index in [4.69, 9.17) is 0 Å². The molecule has 0 aliphatic rings. The van der Waals surface area contributed by atoms with Crippen LogP contribution in [0.2, 0.25) is 0 Å². The van der Waals surface area contributed by atoms with E-state index in [2.05, 4.69) is 502 Å². The predicted octanol–water partition coefficient (Wildman–Crippen LogP) is 30.1. The Labute approximate surface area is 665 Å². The summed E-state index contributed by atoms with van der Waals surface area (Å²) < 4.78 is 4.73. The van der Waals surface area contributed by atoms with Gasteiger partial charge in [-0.25, -0.2) is 0 Å². The molecule has 6 heteroatoms. The molecule has 0 fully saturated rings. The van der Waals surface area contributed by atoms with E-state index < -0.39 is 0 Å². The molecule has 2 aromatic heterocycles. The topological polar surface area (TPSA) is 22.8 Å². The van der Waals surface area contributed by atoms with Crippen LogP contribution < -0.4 is 19.6 Å². The average molecular weight is 1460 g/mol. The Kier molecular flexibility index (Phi) is 19.1. The van der Waals surface area contributed by atoms with Crippen LogP contribution in [0.15, 0.2) is 473 Å². The van der Waals surface area contributed by atoms with Crippen molar-refractivity contribution in [3.63, 3.8) is 0 Å². The largest absolute Gasteiger partial charge is 0.311 e. The van der Waals surface area contributed by atoms with E-state index in [-0.39, 0.29) is 0 Å². The SMILES string of the molecule is c1ccc(-c2ccc(N(c3ccccc3)c3ccc(-c4ccc(N(c5ccccc5)c5ccc(-c6ccccc6)cc5)cc4)cc3)cc2)cc1.c1ccc(N(c2ccc(-c3ccc(N(c4ccccc4)c4ccc5c(c4)c4ccccc4n5-c4ccccc4)cc3)cc2)c2ccc3c(c2)c2ccccc2n3-c2ccccc2)cc1. The minimum atomic E-state index is 1.09. The Morgan fingerprint density at radius 3 is 0.553 bits per heavy atom. The van der Waals surface area contributed by atoms with Crippen molar-refractivity contribution in [3.8, 4) is 55.9 Å². The van der Waals surface area contributed by atoms with Crippen molar-refractivity contribution < 1.29 is 0 Å². The predicted molar refractivity (Wildman–Crippen MR) is 482 cm³/mol. The van der Waals surface area contributed by atoms with E-state index >= 15 is 0 Å². The van der Waals surface area contributed by atoms with Crippen LogP contribution in [0.25, 0.3) is 99.5 Å². The third-order valence-corrected chi connectivity index (χ3v) is 21.5. The van der Waals surface area contributed by atoms with E-state index in [1.54, 1.807) is 0 Å². The Hall–Kier alpha value is -15.2. The summed E-state index contributed by atoms with van der Waals surface area (Å²) in [7, 11) is 0. The maximum absolute atomic E-state index is 2.37. The molecule has 0 spiro atoms. The minimum absolute atomic E-state index is 1.09. The normalized spacial score (nSPS) is 11.2. The summed E-state index contributed by atoms with van der Waals surface area (Å²) in [6.07, 6.45) is 0. The number of para-hydroxylation sites is 8. The molecule has 20 aromatic rings. The van der Waals surface area contributed by atoms with Crippen LogP contribution in [0.1, 0.15) is 0 Å². The van der Waals surface area contributed by atoms with Gasteiger partial charge in [0.15, 0.2) is 0 Å². The van der Waals surface area contributed by atoms with Gasteiger partial charge in [0.1, 0.15) is 0 Å². The summed E-state index contributed by atoms with van der Waals surface area (Å²) in [5, 5.41) is 4.91. The minimum Gasteiger partial charge on any atom is -0.311 e. The molecule has 540 valence electrons. The number of hydrogen-bond donors (Lipinski definition) is 0. The van der Waals surface area contributed by atoms with Crippen molar-refractivity contribution >= 4 is 112 Å². The lowest BCUT2D eigenvalue weighted by molar-refractivity contribution is 1.18. The maximum Gasteiger partial charge on any atom is 0.0542 e. The molecule has 0 amide bonds. The first-order chi connectivity index (χ1) is 56.6. The molecule has 0 N–H and O–H groups in total. The zero-order chi connectivity index (χ0) is 75.9. The number of rotatable bonds is 18. The van der Waals surface area contributed by atoms with Crippen LogP contribution in [-0.4, -0.2) is 9.13 Å². The lowest BCUT2D eigenvalue weighted by Gasteiger charge is -2.26. The van der Waals surface area contributed by atoms with Crippen molar-refractivity contribution in [1.29, 1.82) is 0 Å². The van der Waals surface area contributed by atoms with Gasteiger partial charge in [0.05, 0.1) is 22.1 Å². The molecule has 0 bridgehead atoms.